The van der Waals surface area contributed by atoms with Gasteiger partial charge in [0.2, 0.25) is 5.91 Å². The average Bonchev–Trinajstić information content (AvgIpc) is 2.70. The van der Waals surface area contributed by atoms with E-state index in [9.17, 15) is 13.6 Å². The zero-order valence-electron chi connectivity index (χ0n) is 15.8. The normalized spacial score (nSPS) is 10.5. The molecule has 0 saturated carbocycles. The van der Waals surface area contributed by atoms with Gasteiger partial charge in [-0.3, -0.25) is 4.79 Å². The molecule has 0 bridgehead atoms. The molecule has 2 aromatic carbocycles. The minimum atomic E-state index is -1.55. The number of para-hydroxylation sites is 1. The number of hydrogen-bond acceptors (Lipinski definition) is 1. The van der Waals surface area contributed by atoms with Crippen molar-refractivity contribution in [1.82, 2.24) is 0 Å². The highest BCUT2D eigenvalue weighted by Crippen LogP contribution is 2.21. The number of carbonyl (C=O) groups excluding carboxylic acids is 1. The van der Waals surface area contributed by atoms with Crippen molar-refractivity contribution >= 4 is 11.6 Å². The molecular formula is C23H27F2NO. The first-order valence-corrected chi connectivity index (χ1v) is 9.54. The van der Waals surface area contributed by atoms with Gasteiger partial charge in [-0.25, -0.2) is 0 Å². The molecule has 0 aliphatic rings. The Labute approximate surface area is 160 Å². The van der Waals surface area contributed by atoms with Crippen LogP contribution in [0.4, 0.5) is 14.5 Å². The first-order valence-electron chi connectivity index (χ1n) is 9.54. The fraction of sp³-hybridized carbons (Fsp3) is 0.348. The molecule has 0 fully saturated rings. The van der Waals surface area contributed by atoms with Crippen molar-refractivity contribution in [2.75, 3.05) is 4.90 Å². The number of rotatable bonds is 10. The SMILES string of the molecule is CCC(CCCCCC(=O)N(Cc1ccccc1)c1ccccc1)=C(F)F. The van der Waals surface area contributed by atoms with Gasteiger partial charge in [-0.1, -0.05) is 61.9 Å². The summed E-state index contributed by atoms with van der Waals surface area (Å²) in [6.07, 6.45) is 1.85. The van der Waals surface area contributed by atoms with Gasteiger partial charge >= 0.3 is 0 Å². The zero-order valence-corrected chi connectivity index (χ0v) is 15.8. The molecule has 2 rings (SSSR count). The Morgan fingerprint density at radius 1 is 0.852 bits per heavy atom. The molecule has 0 aromatic heterocycles. The van der Waals surface area contributed by atoms with Gasteiger partial charge in [0.15, 0.2) is 0 Å². The Kier molecular flexibility index (Phi) is 8.69. The molecule has 0 unspecified atom stereocenters. The predicted octanol–water partition coefficient (Wildman–Crippen LogP) is 6.73. The van der Waals surface area contributed by atoms with Gasteiger partial charge in [0.05, 0.1) is 6.54 Å². The molecule has 144 valence electrons. The van der Waals surface area contributed by atoms with Crippen LogP contribution >= 0.6 is 0 Å². The van der Waals surface area contributed by atoms with E-state index in [-0.39, 0.29) is 11.5 Å². The summed E-state index contributed by atoms with van der Waals surface area (Å²) in [6.45, 7) is 2.28. The zero-order chi connectivity index (χ0) is 19.5. The largest absolute Gasteiger partial charge is 0.308 e. The summed E-state index contributed by atoms with van der Waals surface area (Å²) in [5.41, 5.74) is 2.18. The molecule has 0 N–H and O–H groups in total. The molecule has 0 atom stereocenters. The number of anilines is 1. The minimum Gasteiger partial charge on any atom is -0.308 e. The van der Waals surface area contributed by atoms with E-state index in [2.05, 4.69) is 0 Å². The average molecular weight is 371 g/mol. The first kappa shape index (κ1) is 20.8. The maximum Gasteiger partial charge on any atom is 0.269 e. The number of hydrogen-bond donors (Lipinski definition) is 0. The molecule has 1 amide bonds. The summed E-state index contributed by atoms with van der Waals surface area (Å²) < 4.78 is 25.3. The molecule has 2 aromatic rings. The molecule has 27 heavy (non-hydrogen) atoms. The maximum absolute atomic E-state index is 12.8. The summed E-state index contributed by atoms with van der Waals surface area (Å²) in [7, 11) is 0. The van der Waals surface area contributed by atoms with Gasteiger partial charge in [-0.15, -0.1) is 0 Å². The number of nitrogens with zero attached hydrogens (tertiary/aromatic N) is 1. The molecule has 2 nitrogen and oxygen atoms in total. The fourth-order valence-corrected chi connectivity index (χ4v) is 3.03. The second-order valence-electron chi connectivity index (χ2n) is 6.58. The molecule has 0 aliphatic carbocycles. The standard InChI is InChI=1S/C23H27F2NO/c1-2-20(23(24)25)14-8-4-11-17-22(27)26(21-15-9-5-10-16-21)18-19-12-6-3-7-13-19/h3,5-7,9-10,12-13,15-16H,2,4,8,11,14,17-18H2,1H3. The summed E-state index contributed by atoms with van der Waals surface area (Å²) >= 11 is 0. The molecule has 0 heterocycles. The van der Waals surface area contributed by atoms with Crippen molar-refractivity contribution < 1.29 is 13.6 Å². The van der Waals surface area contributed by atoms with E-state index in [1.54, 1.807) is 11.8 Å². The quantitative estimate of drug-likeness (QED) is 0.424. The smallest absolute Gasteiger partial charge is 0.269 e. The Morgan fingerprint density at radius 3 is 2.04 bits per heavy atom. The highest BCUT2D eigenvalue weighted by Gasteiger charge is 2.15. The van der Waals surface area contributed by atoms with Gasteiger partial charge in [0.1, 0.15) is 0 Å². The molecule has 0 radical (unpaired) electrons. The first-order chi connectivity index (χ1) is 13.1. The van der Waals surface area contributed by atoms with Crippen LogP contribution in [0.15, 0.2) is 72.3 Å². The Morgan fingerprint density at radius 2 is 1.44 bits per heavy atom. The Hall–Kier alpha value is -2.49. The monoisotopic (exact) mass is 371 g/mol. The lowest BCUT2D eigenvalue weighted by atomic mass is 10.0. The number of amides is 1. The van der Waals surface area contributed by atoms with Crippen LogP contribution in [-0.2, 0) is 11.3 Å². The second-order valence-corrected chi connectivity index (χ2v) is 6.58. The highest BCUT2D eigenvalue weighted by atomic mass is 19.3. The van der Waals surface area contributed by atoms with E-state index in [1.807, 2.05) is 60.7 Å². The summed E-state index contributed by atoms with van der Waals surface area (Å²) in [5, 5.41) is 0. The van der Waals surface area contributed by atoms with Crippen molar-refractivity contribution in [1.29, 1.82) is 0 Å². The van der Waals surface area contributed by atoms with Gasteiger partial charge in [0, 0.05) is 12.1 Å². The molecule has 0 spiro atoms. The molecule has 4 heteroatoms. The second kappa shape index (κ2) is 11.3. The van der Waals surface area contributed by atoms with Crippen molar-refractivity contribution in [2.24, 2.45) is 0 Å². The Balaban J connectivity index is 1.91. The Bertz CT molecular complexity index is 725. The van der Waals surface area contributed by atoms with Crippen LogP contribution in [0.25, 0.3) is 0 Å². The van der Waals surface area contributed by atoms with Crippen LogP contribution in [0.2, 0.25) is 0 Å². The van der Waals surface area contributed by atoms with Gasteiger partial charge < -0.3 is 4.90 Å². The predicted molar refractivity (Wildman–Crippen MR) is 107 cm³/mol. The van der Waals surface area contributed by atoms with Crippen LogP contribution in [0, 0.1) is 0 Å². The van der Waals surface area contributed by atoms with Crippen LogP contribution < -0.4 is 4.90 Å². The lowest BCUT2D eigenvalue weighted by Gasteiger charge is -2.23. The number of unbranched alkanes of at least 4 members (excludes halogenated alkanes) is 2. The van der Waals surface area contributed by atoms with Crippen molar-refractivity contribution in [2.45, 2.75) is 52.0 Å². The molecule has 0 saturated heterocycles. The van der Waals surface area contributed by atoms with E-state index in [0.29, 0.717) is 38.6 Å². The number of allylic oxidation sites excluding steroid dienone is 1. The third kappa shape index (κ3) is 6.97. The fourth-order valence-electron chi connectivity index (χ4n) is 3.03. The van der Waals surface area contributed by atoms with Crippen molar-refractivity contribution in [3.05, 3.63) is 77.9 Å². The van der Waals surface area contributed by atoms with E-state index in [0.717, 1.165) is 17.7 Å². The van der Waals surface area contributed by atoms with Crippen molar-refractivity contribution in [3.63, 3.8) is 0 Å². The number of carbonyl (C=O) groups is 1. The molecular weight excluding hydrogens is 344 g/mol. The number of benzene rings is 2. The van der Waals surface area contributed by atoms with Crippen LogP contribution in [0.3, 0.4) is 0 Å². The van der Waals surface area contributed by atoms with E-state index in [1.165, 1.54) is 0 Å². The highest BCUT2D eigenvalue weighted by molar-refractivity contribution is 5.93. The van der Waals surface area contributed by atoms with Gasteiger partial charge in [0.25, 0.3) is 6.08 Å². The van der Waals surface area contributed by atoms with Crippen LogP contribution in [-0.4, -0.2) is 5.91 Å². The van der Waals surface area contributed by atoms with Gasteiger partial charge in [-0.2, -0.15) is 8.78 Å². The molecule has 0 aliphatic heterocycles. The van der Waals surface area contributed by atoms with Crippen LogP contribution in [0.1, 0.15) is 51.0 Å². The lowest BCUT2D eigenvalue weighted by molar-refractivity contribution is -0.118. The summed E-state index contributed by atoms with van der Waals surface area (Å²) in [4.78, 5) is 14.6. The lowest BCUT2D eigenvalue weighted by Crippen LogP contribution is -2.30. The van der Waals surface area contributed by atoms with Gasteiger partial charge in [-0.05, 0) is 49.0 Å². The number of halogens is 2. The topological polar surface area (TPSA) is 20.3 Å². The van der Waals surface area contributed by atoms with E-state index >= 15 is 0 Å². The van der Waals surface area contributed by atoms with E-state index in [4.69, 9.17) is 0 Å². The summed E-state index contributed by atoms with van der Waals surface area (Å²) in [5.74, 6) is 0.0629. The third-order valence-corrected chi connectivity index (χ3v) is 4.62. The third-order valence-electron chi connectivity index (χ3n) is 4.62. The van der Waals surface area contributed by atoms with E-state index < -0.39 is 6.08 Å². The minimum absolute atomic E-state index is 0.0629. The van der Waals surface area contributed by atoms with Crippen LogP contribution in [0.5, 0.6) is 0 Å². The summed E-state index contributed by atoms with van der Waals surface area (Å²) in [6, 6.07) is 19.5. The van der Waals surface area contributed by atoms with Crippen molar-refractivity contribution in [3.8, 4) is 0 Å². The maximum atomic E-state index is 12.8.